The van der Waals surface area contributed by atoms with E-state index in [1.165, 1.54) is 6.20 Å². The van der Waals surface area contributed by atoms with Gasteiger partial charge in [0.2, 0.25) is 5.91 Å². The van der Waals surface area contributed by atoms with Gasteiger partial charge in [-0.05, 0) is 55.5 Å². The first-order valence-electron chi connectivity index (χ1n) is 13.9. The minimum Gasteiger partial charge on any atom is -0.481 e. The van der Waals surface area contributed by atoms with E-state index in [9.17, 15) is 24.3 Å². The van der Waals surface area contributed by atoms with Crippen LogP contribution in [0, 0.1) is 5.92 Å². The van der Waals surface area contributed by atoms with Crippen LogP contribution in [-0.2, 0) is 19.1 Å². The van der Waals surface area contributed by atoms with Gasteiger partial charge in [-0.2, -0.15) is 0 Å². The summed E-state index contributed by atoms with van der Waals surface area (Å²) in [7, 11) is 0. The molecule has 2 atom stereocenters. The summed E-state index contributed by atoms with van der Waals surface area (Å²) in [5, 5.41) is 15.2. The molecule has 5 rings (SSSR count). The average molecular weight is 550 g/mol. The van der Waals surface area contributed by atoms with Crippen molar-refractivity contribution < 1.29 is 29.0 Å². The van der Waals surface area contributed by atoms with Gasteiger partial charge >= 0.3 is 5.97 Å². The van der Waals surface area contributed by atoms with Crippen LogP contribution >= 0.6 is 0 Å². The quantitative estimate of drug-likeness (QED) is 0.434. The number of ether oxygens (including phenoxy) is 1. The number of pyridine rings is 1. The molecule has 212 valence electrons. The molecule has 3 amide bonds. The van der Waals surface area contributed by atoms with Crippen molar-refractivity contribution in [3.63, 3.8) is 0 Å². The maximum absolute atomic E-state index is 13.3. The van der Waals surface area contributed by atoms with Crippen LogP contribution in [0.5, 0.6) is 0 Å². The highest BCUT2D eigenvalue weighted by Gasteiger charge is 2.32. The Morgan fingerprint density at radius 1 is 1.05 bits per heavy atom. The number of benzene rings is 1. The number of carboxylic acid groups (broad SMARTS) is 1. The van der Waals surface area contributed by atoms with Crippen LogP contribution in [0.1, 0.15) is 60.5 Å². The highest BCUT2D eigenvalue weighted by Crippen LogP contribution is 2.33. The van der Waals surface area contributed by atoms with Crippen molar-refractivity contribution in [1.29, 1.82) is 0 Å². The zero-order valence-corrected chi connectivity index (χ0v) is 22.4. The number of amides is 3. The molecule has 11 heteroatoms. The normalized spacial score (nSPS) is 19.9. The maximum Gasteiger partial charge on any atom is 0.305 e. The van der Waals surface area contributed by atoms with E-state index in [0.717, 1.165) is 37.8 Å². The molecule has 2 saturated heterocycles. The predicted molar refractivity (Wildman–Crippen MR) is 147 cm³/mol. The standard InChI is InChI=1S/C29H35N5O6/c35-26(36)17-22(21-6-2-10-30-18-21)31-28(38)20-8-9-24(23(16-20)32-27(37)19-4-1-5-19)33-11-13-34(14-12-33)29(39)25-7-3-15-40-25/h2,6,8-10,16,18-19,22,25H,1,3-5,7,11-15,17H2,(H,31,38)(H,32,37)(H,35,36). The van der Waals surface area contributed by atoms with Crippen molar-refractivity contribution in [3.8, 4) is 0 Å². The number of aliphatic carboxylic acids is 1. The molecule has 3 fully saturated rings. The first-order valence-corrected chi connectivity index (χ1v) is 13.9. The number of aromatic nitrogens is 1. The fraction of sp³-hybridized carbons (Fsp3) is 0.483. The molecule has 1 aliphatic carbocycles. The zero-order valence-electron chi connectivity index (χ0n) is 22.4. The lowest BCUT2D eigenvalue weighted by atomic mass is 9.85. The third kappa shape index (κ3) is 6.41. The molecular formula is C29H35N5O6. The second-order valence-electron chi connectivity index (χ2n) is 10.6. The third-order valence-electron chi connectivity index (χ3n) is 7.90. The lowest BCUT2D eigenvalue weighted by molar-refractivity contribution is -0.141. The minimum absolute atomic E-state index is 0.0345. The van der Waals surface area contributed by atoms with Gasteiger partial charge in [0.1, 0.15) is 6.10 Å². The maximum atomic E-state index is 13.3. The summed E-state index contributed by atoms with van der Waals surface area (Å²) < 4.78 is 5.57. The molecule has 3 aliphatic rings. The Morgan fingerprint density at radius 3 is 2.48 bits per heavy atom. The number of nitrogens with one attached hydrogen (secondary N) is 2. The third-order valence-corrected chi connectivity index (χ3v) is 7.90. The van der Waals surface area contributed by atoms with Gasteiger partial charge < -0.3 is 30.3 Å². The van der Waals surface area contributed by atoms with Gasteiger partial charge in [0.05, 0.1) is 23.8 Å². The molecular weight excluding hydrogens is 514 g/mol. The molecule has 1 aromatic carbocycles. The molecule has 1 aromatic heterocycles. The number of carboxylic acids is 1. The van der Waals surface area contributed by atoms with Crippen LogP contribution in [0.3, 0.4) is 0 Å². The van der Waals surface area contributed by atoms with Crippen LogP contribution in [0.4, 0.5) is 11.4 Å². The molecule has 3 N–H and O–H groups in total. The topological polar surface area (TPSA) is 141 Å². The Labute approximate surface area is 232 Å². The number of hydrogen-bond acceptors (Lipinski definition) is 7. The lowest BCUT2D eigenvalue weighted by Gasteiger charge is -2.38. The van der Waals surface area contributed by atoms with E-state index < -0.39 is 17.9 Å². The van der Waals surface area contributed by atoms with Crippen molar-refractivity contribution >= 4 is 35.1 Å². The first kappa shape index (κ1) is 27.6. The SMILES string of the molecule is O=C(O)CC(NC(=O)c1ccc(N2CCN(C(=O)C3CCCO3)CC2)c(NC(=O)C2CCC2)c1)c1cccnc1. The van der Waals surface area contributed by atoms with Gasteiger partial charge in [-0.25, -0.2) is 0 Å². The Kier molecular flexibility index (Phi) is 8.59. The Hall–Kier alpha value is -3.99. The van der Waals surface area contributed by atoms with E-state index in [-0.39, 0.29) is 30.3 Å². The molecule has 0 radical (unpaired) electrons. The van der Waals surface area contributed by atoms with E-state index in [4.69, 9.17) is 4.74 Å². The van der Waals surface area contributed by atoms with Gasteiger partial charge in [-0.1, -0.05) is 12.5 Å². The number of nitrogens with zero attached hydrogens (tertiary/aromatic N) is 3. The fourth-order valence-corrected chi connectivity index (χ4v) is 5.35. The van der Waals surface area contributed by atoms with Crippen molar-refractivity contribution in [2.24, 2.45) is 5.92 Å². The Bertz CT molecular complexity index is 1240. The van der Waals surface area contributed by atoms with Crippen molar-refractivity contribution in [3.05, 3.63) is 53.9 Å². The van der Waals surface area contributed by atoms with Crippen LogP contribution in [0.15, 0.2) is 42.7 Å². The second kappa shape index (κ2) is 12.5. The van der Waals surface area contributed by atoms with E-state index in [1.54, 1.807) is 36.5 Å². The summed E-state index contributed by atoms with van der Waals surface area (Å²) in [5.74, 6) is -1.58. The zero-order chi connectivity index (χ0) is 28.1. The molecule has 3 heterocycles. The summed E-state index contributed by atoms with van der Waals surface area (Å²) in [6.45, 7) is 2.87. The van der Waals surface area contributed by atoms with Crippen LogP contribution < -0.4 is 15.5 Å². The van der Waals surface area contributed by atoms with Crippen molar-refractivity contribution in [1.82, 2.24) is 15.2 Å². The van der Waals surface area contributed by atoms with E-state index >= 15 is 0 Å². The number of rotatable bonds is 9. The number of carbonyl (C=O) groups excluding carboxylic acids is 3. The molecule has 2 aromatic rings. The summed E-state index contributed by atoms with van der Waals surface area (Å²) in [6.07, 6.45) is 6.83. The average Bonchev–Trinajstić information content (AvgIpc) is 3.47. The van der Waals surface area contributed by atoms with Gasteiger partial charge in [-0.3, -0.25) is 24.2 Å². The first-order chi connectivity index (χ1) is 19.4. The van der Waals surface area contributed by atoms with Gasteiger partial charge in [-0.15, -0.1) is 0 Å². The highest BCUT2D eigenvalue weighted by atomic mass is 16.5. The molecule has 2 unspecified atom stereocenters. The lowest BCUT2D eigenvalue weighted by Crippen LogP contribution is -2.51. The summed E-state index contributed by atoms with van der Waals surface area (Å²) in [6, 6.07) is 7.77. The van der Waals surface area contributed by atoms with Crippen LogP contribution in [0.25, 0.3) is 0 Å². The van der Waals surface area contributed by atoms with E-state index in [1.807, 2.05) is 4.90 Å². The van der Waals surface area contributed by atoms with Crippen LogP contribution in [0.2, 0.25) is 0 Å². The molecule has 0 bridgehead atoms. The van der Waals surface area contributed by atoms with Gasteiger partial charge in [0.25, 0.3) is 11.8 Å². The minimum atomic E-state index is -1.05. The van der Waals surface area contributed by atoms with Crippen molar-refractivity contribution in [2.45, 2.75) is 50.7 Å². The molecule has 2 aliphatic heterocycles. The molecule has 11 nitrogen and oxygen atoms in total. The smallest absolute Gasteiger partial charge is 0.305 e. The summed E-state index contributed by atoms with van der Waals surface area (Å²) >= 11 is 0. The second-order valence-corrected chi connectivity index (χ2v) is 10.6. The predicted octanol–water partition coefficient (Wildman–Crippen LogP) is 2.59. The molecule has 40 heavy (non-hydrogen) atoms. The number of anilines is 2. The highest BCUT2D eigenvalue weighted by molar-refractivity contribution is 6.01. The molecule has 0 spiro atoms. The van der Waals surface area contributed by atoms with Crippen LogP contribution in [-0.4, -0.2) is 77.6 Å². The number of piperazine rings is 1. The molecule has 1 saturated carbocycles. The Morgan fingerprint density at radius 2 is 1.85 bits per heavy atom. The largest absolute Gasteiger partial charge is 0.481 e. The van der Waals surface area contributed by atoms with E-state index in [2.05, 4.69) is 20.5 Å². The number of hydrogen-bond donors (Lipinski definition) is 3. The van der Waals surface area contributed by atoms with E-state index in [0.29, 0.717) is 49.6 Å². The van der Waals surface area contributed by atoms with Crippen molar-refractivity contribution in [2.75, 3.05) is 43.0 Å². The summed E-state index contributed by atoms with van der Waals surface area (Å²) in [4.78, 5) is 58.4. The summed E-state index contributed by atoms with van der Waals surface area (Å²) in [5.41, 5.74) is 2.20. The van der Waals surface area contributed by atoms with Gasteiger partial charge in [0, 0.05) is 56.7 Å². The Balaban J connectivity index is 1.33. The fourth-order valence-electron chi connectivity index (χ4n) is 5.35. The monoisotopic (exact) mass is 549 g/mol. The number of carbonyl (C=O) groups is 4. The van der Waals surface area contributed by atoms with Gasteiger partial charge in [0.15, 0.2) is 0 Å².